The summed E-state index contributed by atoms with van der Waals surface area (Å²) in [6.07, 6.45) is 0. The molecule has 2 aromatic rings. The Kier molecular flexibility index (Phi) is 4.55. The summed E-state index contributed by atoms with van der Waals surface area (Å²) in [4.78, 5) is 24.5. The van der Waals surface area contributed by atoms with E-state index in [9.17, 15) is 4.79 Å². The Labute approximate surface area is 131 Å². The van der Waals surface area contributed by atoms with Gasteiger partial charge in [0.1, 0.15) is 5.82 Å². The van der Waals surface area contributed by atoms with Crippen LogP contribution in [0, 0.1) is 5.92 Å². The van der Waals surface area contributed by atoms with E-state index in [2.05, 4.69) is 33.6 Å². The molecule has 0 atom stereocenters. The summed E-state index contributed by atoms with van der Waals surface area (Å²) in [5.41, 5.74) is 0.735. The van der Waals surface area contributed by atoms with Crippen LogP contribution in [0.15, 0.2) is 29.1 Å². The molecular formula is C17H24N4O. The van der Waals surface area contributed by atoms with E-state index in [0.717, 1.165) is 44.1 Å². The molecule has 1 aromatic carbocycles. The third-order valence-electron chi connectivity index (χ3n) is 4.12. The lowest BCUT2D eigenvalue weighted by Gasteiger charge is -2.35. The lowest BCUT2D eigenvalue weighted by atomic mass is 10.2. The van der Waals surface area contributed by atoms with Crippen molar-refractivity contribution in [3.63, 3.8) is 0 Å². The lowest BCUT2D eigenvalue weighted by Crippen LogP contribution is -2.47. The molecule has 1 aliphatic rings. The summed E-state index contributed by atoms with van der Waals surface area (Å²) in [5.74, 6) is 1.48. The van der Waals surface area contributed by atoms with E-state index in [0.29, 0.717) is 11.3 Å². The van der Waals surface area contributed by atoms with Crippen LogP contribution in [0.4, 0.5) is 0 Å². The molecule has 0 saturated carbocycles. The van der Waals surface area contributed by atoms with Crippen molar-refractivity contribution in [2.75, 3.05) is 32.7 Å². The van der Waals surface area contributed by atoms with Crippen LogP contribution < -0.4 is 5.56 Å². The number of hydrogen-bond acceptors (Lipinski definition) is 4. The maximum Gasteiger partial charge on any atom is 0.258 e. The van der Waals surface area contributed by atoms with Gasteiger partial charge in [0.2, 0.25) is 0 Å². The van der Waals surface area contributed by atoms with Crippen molar-refractivity contribution in [2.45, 2.75) is 20.4 Å². The molecule has 3 rings (SSSR count). The van der Waals surface area contributed by atoms with Crippen molar-refractivity contribution in [1.29, 1.82) is 0 Å². The molecule has 0 unspecified atom stereocenters. The van der Waals surface area contributed by atoms with Crippen LogP contribution >= 0.6 is 0 Å². The maximum atomic E-state index is 12.1. The van der Waals surface area contributed by atoms with Gasteiger partial charge in [-0.1, -0.05) is 26.0 Å². The van der Waals surface area contributed by atoms with Crippen molar-refractivity contribution in [1.82, 2.24) is 19.8 Å². The molecular weight excluding hydrogens is 276 g/mol. The number of aromatic nitrogens is 2. The molecule has 1 aromatic heterocycles. The largest absolute Gasteiger partial charge is 0.309 e. The van der Waals surface area contributed by atoms with Gasteiger partial charge in [-0.05, 0) is 18.1 Å². The van der Waals surface area contributed by atoms with E-state index < -0.39 is 0 Å². The molecule has 0 bridgehead atoms. The fourth-order valence-electron chi connectivity index (χ4n) is 3.07. The van der Waals surface area contributed by atoms with Crippen molar-refractivity contribution < 1.29 is 0 Å². The molecule has 1 fully saturated rings. The highest BCUT2D eigenvalue weighted by Crippen LogP contribution is 2.10. The molecule has 2 heterocycles. The van der Waals surface area contributed by atoms with Crippen LogP contribution in [0.1, 0.15) is 19.7 Å². The minimum Gasteiger partial charge on any atom is -0.309 e. The van der Waals surface area contributed by atoms with Gasteiger partial charge in [0, 0.05) is 32.7 Å². The van der Waals surface area contributed by atoms with Gasteiger partial charge in [-0.3, -0.25) is 9.69 Å². The van der Waals surface area contributed by atoms with Gasteiger partial charge in [-0.2, -0.15) is 0 Å². The van der Waals surface area contributed by atoms with Gasteiger partial charge in [-0.25, -0.2) is 4.98 Å². The third kappa shape index (κ3) is 3.54. The van der Waals surface area contributed by atoms with E-state index in [1.54, 1.807) is 0 Å². The highest BCUT2D eigenvalue weighted by atomic mass is 16.1. The summed E-state index contributed by atoms with van der Waals surface area (Å²) in [6, 6.07) is 7.50. The van der Waals surface area contributed by atoms with Crippen molar-refractivity contribution in [3.8, 4) is 0 Å². The normalized spacial score (nSPS) is 17.4. The number of nitrogens with zero attached hydrogens (tertiary/aromatic N) is 3. The quantitative estimate of drug-likeness (QED) is 0.934. The number of para-hydroxylation sites is 1. The van der Waals surface area contributed by atoms with Gasteiger partial charge in [0.15, 0.2) is 0 Å². The number of nitrogens with one attached hydrogen (secondary N) is 1. The van der Waals surface area contributed by atoms with Crippen molar-refractivity contribution in [2.24, 2.45) is 5.92 Å². The Hall–Kier alpha value is -1.72. The van der Waals surface area contributed by atoms with Gasteiger partial charge >= 0.3 is 0 Å². The fraction of sp³-hybridized carbons (Fsp3) is 0.529. The summed E-state index contributed by atoms with van der Waals surface area (Å²) < 4.78 is 0. The first-order chi connectivity index (χ1) is 10.6. The number of aromatic amines is 1. The lowest BCUT2D eigenvalue weighted by molar-refractivity contribution is 0.115. The molecule has 1 N–H and O–H groups in total. The zero-order valence-electron chi connectivity index (χ0n) is 13.4. The van der Waals surface area contributed by atoms with Gasteiger partial charge in [-0.15, -0.1) is 0 Å². The number of piperazine rings is 1. The average molecular weight is 300 g/mol. The second-order valence-electron chi connectivity index (χ2n) is 6.50. The van der Waals surface area contributed by atoms with Crippen LogP contribution in [-0.4, -0.2) is 52.5 Å². The number of rotatable bonds is 4. The van der Waals surface area contributed by atoms with Crippen LogP contribution in [0.5, 0.6) is 0 Å². The molecule has 5 nitrogen and oxygen atoms in total. The zero-order valence-corrected chi connectivity index (χ0v) is 13.4. The van der Waals surface area contributed by atoms with Crippen molar-refractivity contribution >= 4 is 10.9 Å². The van der Waals surface area contributed by atoms with E-state index >= 15 is 0 Å². The Bertz CT molecular complexity index is 686. The molecule has 118 valence electrons. The number of benzene rings is 1. The van der Waals surface area contributed by atoms with Gasteiger partial charge in [0.05, 0.1) is 17.4 Å². The van der Waals surface area contributed by atoms with E-state index in [-0.39, 0.29) is 5.56 Å². The summed E-state index contributed by atoms with van der Waals surface area (Å²) in [5, 5.41) is 0.660. The molecule has 1 aliphatic heterocycles. The first kappa shape index (κ1) is 15.2. The molecule has 0 amide bonds. The topological polar surface area (TPSA) is 52.2 Å². The first-order valence-electron chi connectivity index (χ1n) is 8.04. The van der Waals surface area contributed by atoms with Crippen LogP contribution in [0.25, 0.3) is 10.9 Å². The van der Waals surface area contributed by atoms with Crippen molar-refractivity contribution in [3.05, 3.63) is 40.4 Å². The molecule has 0 aliphatic carbocycles. The highest BCUT2D eigenvalue weighted by molar-refractivity contribution is 5.77. The minimum absolute atomic E-state index is 0.0426. The predicted octanol–water partition coefficient (Wildman–Crippen LogP) is 1.70. The second-order valence-corrected chi connectivity index (χ2v) is 6.50. The number of hydrogen-bond donors (Lipinski definition) is 1. The van der Waals surface area contributed by atoms with Crippen LogP contribution in [0.2, 0.25) is 0 Å². The molecule has 0 spiro atoms. The van der Waals surface area contributed by atoms with Crippen LogP contribution in [-0.2, 0) is 6.54 Å². The van der Waals surface area contributed by atoms with Crippen LogP contribution in [0.3, 0.4) is 0 Å². The highest BCUT2D eigenvalue weighted by Gasteiger charge is 2.18. The fourth-order valence-corrected chi connectivity index (χ4v) is 3.07. The van der Waals surface area contributed by atoms with Gasteiger partial charge < -0.3 is 9.88 Å². The second kappa shape index (κ2) is 6.58. The monoisotopic (exact) mass is 300 g/mol. The zero-order chi connectivity index (χ0) is 15.5. The SMILES string of the molecule is CC(C)CN1CCN(Cc2nc3ccccc3c(=O)[nH]2)CC1. The summed E-state index contributed by atoms with van der Waals surface area (Å²) in [6.45, 7) is 10.7. The Morgan fingerprint density at radius 2 is 1.82 bits per heavy atom. The molecule has 22 heavy (non-hydrogen) atoms. The average Bonchev–Trinajstić information content (AvgIpc) is 2.49. The Balaban J connectivity index is 1.66. The first-order valence-corrected chi connectivity index (χ1v) is 8.04. The number of H-pyrrole nitrogens is 1. The van der Waals surface area contributed by atoms with E-state index in [1.807, 2.05) is 24.3 Å². The summed E-state index contributed by atoms with van der Waals surface area (Å²) in [7, 11) is 0. The minimum atomic E-state index is -0.0426. The van der Waals surface area contributed by atoms with Gasteiger partial charge in [0.25, 0.3) is 5.56 Å². The molecule has 0 radical (unpaired) electrons. The Morgan fingerprint density at radius 3 is 2.55 bits per heavy atom. The van der Waals surface area contributed by atoms with E-state index in [4.69, 9.17) is 0 Å². The van der Waals surface area contributed by atoms with E-state index in [1.165, 1.54) is 6.54 Å². The summed E-state index contributed by atoms with van der Waals surface area (Å²) >= 11 is 0. The maximum absolute atomic E-state index is 12.1. The Morgan fingerprint density at radius 1 is 1.14 bits per heavy atom. The third-order valence-corrected chi connectivity index (χ3v) is 4.12. The standard InChI is InChI=1S/C17H24N4O/c1-13(2)11-20-7-9-21(10-8-20)12-16-18-15-6-4-3-5-14(15)17(22)19-16/h3-6,13H,7-12H2,1-2H3,(H,18,19,22). The molecule has 5 heteroatoms. The smallest absolute Gasteiger partial charge is 0.258 e. The number of fused-ring (bicyclic) bond motifs is 1. The predicted molar refractivity (Wildman–Crippen MR) is 88.9 cm³/mol. The molecule has 1 saturated heterocycles.